The van der Waals surface area contributed by atoms with Gasteiger partial charge in [-0.05, 0) is 31.3 Å². The summed E-state index contributed by atoms with van der Waals surface area (Å²) in [6.45, 7) is 3.77. The van der Waals surface area contributed by atoms with E-state index in [4.69, 9.17) is 0 Å². The molecule has 1 aliphatic rings. The molecule has 1 amide bonds. The number of carbonyl (C=O) groups is 1. The van der Waals surface area contributed by atoms with Gasteiger partial charge < -0.3 is 15.1 Å². The molecule has 1 aromatic heterocycles. The van der Waals surface area contributed by atoms with Gasteiger partial charge >= 0.3 is 0 Å². The first-order valence-electron chi connectivity index (χ1n) is 7.69. The van der Waals surface area contributed by atoms with Gasteiger partial charge in [-0.25, -0.2) is 13.8 Å². The lowest BCUT2D eigenvalue weighted by atomic mass is 10.2. The van der Waals surface area contributed by atoms with E-state index in [1.54, 1.807) is 12.3 Å². The van der Waals surface area contributed by atoms with Crippen LogP contribution >= 0.6 is 0 Å². The second-order valence-corrected chi connectivity index (χ2v) is 5.77. The van der Waals surface area contributed by atoms with Crippen LogP contribution in [-0.4, -0.2) is 49.0 Å². The topological polar surface area (TPSA) is 48.5 Å². The van der Waals surface area contributed by atoms with Crippen LogP contribution in [-0.2, 0) is 0 Å². The summed E-state index contributed by atoms with van der Waals surface area (Å²) in [5, 5.41) is 2.40. The number of carbonyl (C=O) groups excluding carboxylic acids is 1. The number of nitrogens with zero attached hydrogens (tertiary/aromatic N) is 3. The Hall–Kier alpha value is -2.54. The number of amides is 1. The normalized spacial score (nSPS) is 15.4. The van der Waals surface area contributed by atoms with Crippen LogP contribution in [0.2, 0.25) is 0 Å². The minimum absolute atomic E-state index is 0.0775. The minimum atomic E-state index is -0.822. The third-order valence-electron chi connectivity index (χ3n) is 4.03. The molecule has 0 atom stereocenters. The van der Waals surface area contributed by atoms with Gasteiger partial charge in [-0.3, -0.25) is 4.79 Å². The molecule has 126 valence electrons. The molecule has 0 aliphatic carbocycles. The fraction of sp³-hybridized carbons (Fsp3) is 0.294. The summed E-state index contributed by atoms with van der Waals surface area (Å²) in [4.78, 5) is 20.7. The first-order chi connectivity index (χ1) is 11.5. The quantitative estimate of drug-likeness (QED) is 0.937. The first-order valence-corrected chi connectivity index (χ1v) is 7.69. The Balaban J connectivity index is 1.67. The predicted octanol–water partition coefficient (Wildman–Crippen LogP) is 2.36. The van der Waals surface area contributed by atoms with E-state index >= 15 is 0 Å². The van der Waals surface area contributed by atoms with Crippen molar-refractivity contribution in [2.24, 2.45) is 0 Å². The number of halogens is 2. The van der Waals surface area contributed by atoms with Crippen molar-refractivity contribution < 1.29 is 13.6 Å². The van der Waals surface area contributed by atoms with E-state index in [1.165, 1.54) is 6.07 Å². The second-order valence-electron chi connectivity index (χ2n) is 5.77. The largest absolute Gasteiger partial charge is 0.368 e. The summed E-state index contributed by atoms with van der Waals surface area (Å²) >= 11 is 0. The molecule has 0 spiro atoms. The number of aromatic nitrogens is 1. The summed E-state index contributed by atoms with van der Waals surface area (Å²) in [5.74, 6) is -2.05. The third kappa shape index (κ3) is 3.68. The van der Waals surface area contributed by atoms with Crippen molar-refractivity contribution in [3.05, 3.63) is 53.9 Å². The standard InChI is InChI=1S/C17H18F2N4O/c1-22-6-8-23(9-7-22)13-3-5-16(20-11-13)17(24)21-15-4-2-12(18)10-14(15)19/h2-5,10-11H,6-9H2,1H3,(H,21,24). The van der Waals surface area contributed by atoms with Crippen molar-refractivity contribution in [1.82, 2.24) is 9.88 Å². The number of nitrogens with one attached hydrogen (secondary N) is 1. The third-order valence-corrected chi connectivity index (χ3v) is 4.03. The molecule has 3 rings (SSSR count). The van der Waals surface area contributed by atoms with Gasteiger partial charge in [0.05, 0.1) is 17.6 Å². The van der Waals surface area contributed by atoms with Crippen molar-refractivity contribution in [3.63, 3.8) is 0 Å². The fourth-order valence-corrected chi connectivity index (χ4v) is 2.55. The van der Waals surface area contributed by atoms with Crippen LogP contribution in [0.4, 0.5) is 20.2 Å². The SMILES string of the molecule is CN1CCN(c2ccc(C(=O)Nc3ccc(F)cc3F)nc2)CC1. The smallest absolute Gasteiger partial charge is 0.274 e. The molecule has 1 saturated heterocycles. The Morgan fingerprint density at radius 1 is 1.12 bits per heavy atom. The Labute approximate surface area is 138 Å². The summed E-state index contributed by atoms with van der Waals surface area (Å²) in [7, 11) is 2.08. The Morgan fingerprint density at radius 3 is 2.50 bits per heavy atom. The highest BCUT2D eigenvalue weighted by Gasteiger charge is 2.16. The summed E-state index contributed by atoms with van der Waals surface area (Å²) in [5.41, 5.74) is 1.05. The zero-order chi connectivity index (χ0) is 17.1. The molecule has 24 heavy (non-hydrogen) atoms. The Morgan fingerprint density at radius 2 is 1.88 bits per heavy atom. The number of hydrogen-bond donors (Lipinski definition) is 1. The number of benzene rings is 1. The zero-order valence-electron chi connectivity index (χ0n) is 13.3. The van der Waals surface area contributed by atoms with Gasteiger partial charge in [-0.1, -0.05) is 0 Å². The predicted molar refractivity (Wildman–Crippen MR) is 88.3 cm³/mol. The van der Waals surface area contributed by atoms with Crippen LogP contribution in [0.1, 0.15) is 10.5 Å². The van der Waals surface area contributed by atoms with Gasteiger partial charge in [0.25, 0.3) is 5.91 Å². The van der Waals surface area contributed by atoms with Crippen LogP contribution in [0.3, 0.4) is 0 Å². The van der Waals surface area contributed by atoms with E-state index in [-0.39, 0.29) is 11.4 Å². The maximum Gasteiger partial charge on any atom is 0.274 e. The fourth-order valence-electron chi connectivity index (χ4n) is 2.55. The molecular formula is C17H18F2N4O. The average molecular weight is 332 g/mol. The highest BCUT2D eigenvalue weighted by Crippen LogP contribution is 2.18. The van der Waals surface area contributed by atoms with Gasteiger partial charge in [0.15, 0.2) is 0 Å². The highest BCUT2D eigenvalue weighted by atomic mass is 19.1. The molecule has 5 nitrogen and oxygen atoms in total. The highest BCUT2D eigenvalue weighted by molar-refractivity contribution is 6.03. The van der Waals surface area contributed by atoms with E-state index in [9.17, 15) is 13.6 Å². The van der Waals surface area contributed by atoms with Crippen molar-refractivity contribution in [1.29, 1.82) is 0 Å². The summed E-state index contributed by atoms with van der Waals surface area (Å²) in [6.07, 6.45) is 1.64. The van der Waals surface area contributed by atoms with Gasteiger partial charge in [0, 0.05) is 32.2 Å². The maximum absolute atomic E-state index is 13.6. The van der Waals surface area contributed by atoms with Crippen molar-refractivity contribution in [3.8, 4) is 0 Å². The maximum atomic E-state index is 13.6. The second kappa shape index (κ2) is 6.92. The molecule has 1 N–H and O–H groups in total. The monoisotopic (exact) mass is 332 g/mol. The number of rotatable bonds is 3. The first kappa shape index (κ1) is 16.3. The number of piperazine rings is 1. The van der Waals surface area contributed by atoms with Gasteiger partial charge in [-0.2, -0.15) is 0 Å². The van der Waals surface area contributed by atoms with E-state index in [1.807, 2.05) is 6.07 Å². The number of hydrogen-bond acceptors (Lipinski definition) is 4. The molecule has 0 unspecified atom stereocenters. The molecule has 1 aliphatic heterocycles. The van der Waals surface area contributed by atoms with Crippen LogP contribution in [0, 0.1) is 11.6 Å². The lowest BCUT2D eigenvalue weighted by molar-refractivity contribution is 0.102. The minimum Gasteiger partial charge on any atom is -0.368 e. The van der Waals surface area contributed by atoms with E-state index in [0.717, 1.165) is 44.0 Å². The molecule has 2 heterocycles. The van der Waals surface area contributed by atoms with Gasteiger partial charge in [0.1, 0.15) is 17.3 Å². The zero-order valence-corrected chi connectivity index (χ0v) is 13.3. The van der Waals surface area contributed by atoms with E-state index in [2.05, 4.69) is 27.1 Å². The molecule has 2 aromatic rings. The molecular weight excluding hydrogens is 314 g/mol. The van der Waals surface area contributed by atoms with Crippen LogP contribution in [0.15, 0.2) is 36.5 Å². The van der Waals surface area contributed by atoms with E-state index < -0.39 is 17.5 Å². The number of likely N-dealkylation sites (N-methyl/N-ethyl adjacent to an activating group) is 1. The van der Waals surface area contributed by atoms with Crippen LogP contribution in [0.25, 0.3) is 0 Å². The van der Waals surface area contributed by atoms with Crippen molar-refractivity contribution >= 4 is 17.3 Å². The van der Waals surface area contributed by atoms with E-state index in [0.29, 0.717) is 0 Å². The molecule has 0 bridgehead atoms. The Bertz CT molecular complexity index is 728. The summed E-state index contributed by atoms with van der Waals surface area (Å²) in [6, 6.07) is 6.42. The number of anilines is 2. The van der Waals surface area contributed by atoms with Crippen molar-refractivity contribution in [2.45, 2.75) is 0 Å². The lowest BCUT2D eigenvalue weighted by Gasteiger charge is -2.33. The van der Waals surface area contributed by atoms with Crippen LogP contribution < -0.4 is 10.2 Å². The van der Waals surface area contributed by atoms with Gasteiger partial charge in [0.2, 0.25) is 0 Å². The Kier molecular flexibility index (Phi) is 4.71. The lowest BCUT2D eigenvalue weighted by Crippen LogP contribution is -2.44. The molecule has 1 aromatic carbocycles. The summed E-state index contributed by atoms with van der Waals surface area (Å²) < 4.78 is 26.5. The van der Waals surface area contributed by atoms with Crippen LogP contribution in [0.5, 0.6) is 0 Å². The van der Waals surface area contributed by atoms with Gasteiger partial charge in [-0.15, -0.1) is 0 Å². The molecule has 1 fully saturated rings. The number of pyridine rings is 1. The molecule has 0 radical (unpaired) electrons. The molecule has 7 heteroatoms. The van der Waals surface area contributed by atoms with Crippen molar-refractivity contribution in [2.75, 3.05) is 43.4 Å². The average Bonchev–Trinajstić information content (AvgIpc) is 2.58. The molecule has 0 saturated carbocycles.